The number of ether oxygens (including phenoxy) is 3. The lowest BCUT2D eigenvalue weighted by molar-refractivity contribution is -0.161. The van der Waals surface area contributed by atoms with Crippen LogP contribution in [0.1, 0.15) is 290 Å². The molecule has 0 aromatic heterocycles. The van der Waals surface area contributed by atoms with Gasteiger partial charge in [-0.25, -0.2) is 9.13 Å². The minimum absolute atomic E-state index is 0.0840. The van der Waals surface area contributed by atoms with Gasteiger partial charge in [-0.2, -0.15) is 0 Å². The predicted molar refractivity (Wildman–Crippen MR) is 408 cm³/mol. The minimum Gasteiger partial charge on any atom is -0.463 e. The number of allylic oxidation sites excluding steroid dienone is 24. The number of aliphatic hydroxyl groups is 2. The number of esters is 3. The second-order valence-electron chi connectivity index (χ2n) is 25.0. The fourth-order valence-electron chi connectivity index (χ4n) is 9.77. The molecule has 5 unspecified atom stereocenters. The maximum Gasteiger partial charge on any atom is 0.472 e. The summed E-state index contributed by atoms with van der Waals surface area (Å²) in [6, 6.07) is 0. The van der Waals surface area contributed by atoms with Crippen molar-refractivity contribution < 1.29 is 75.8 Å². The summed E-state index contributed by atoms with van der Waals surface area (Å²) >= 11 is 0. The maximum absolute atomic E-state index is 12.9. The molecule has 0 rings (SSSR count). The van der Waals surface area contributed by atoms with E-state index in [0.29, 0.717) is 19.3 Å². The first-order valence-electron chi connectivity index (χ1n) is 38.1. The molecule has 0 aromatic rings. The molecule has 0 aliphatic heterocycles. The Bertz CT molecular complexity index is 2380. The molecular weight excluding hydrogens is 1290 g/mol. The molecule has 18 heteroatoms. The summed E-state index contributed by atoms with van der Waals surface area (Å²) in [7, 11) is -9.80. The van der Waals surface area contributed by atoms with Crippen molar-refractivity contribution in [2.45, 2.75) is 309 Å². The Labute approximate surface area is 600 Å². The number of phosphoric ester groups is 2. The van der Waals surface area contributed by atoms with Gasteiger partial charge in [0.25, 0.3) is 0 Å². The highest BCUT2D eigenvalue weighted by Crippen LogP contribution is 2.45. The quantitative estimate of drug-likeness (QED) is 0.0146. The highest BCUT2D eigenvalue weighted by molar-refractivity contribution is 7.47. The minimum atomic E-state index is -4.94. The molecule has 0 spiro atoms. The van der Waals surface area contributed by atoms with Crippen LogP contribution in [0.15, 0.2) is 146 Å². The van der Waals surface area contributed by atoms with Crippen LogP contribution in [0.2, 0.25) is 0 Å². The Morgan fingerprint density at radius 3 is 0.869 bits per heavy atom. The Morgan fingerprint density at radius 1 is 0.293 bits per heavy atom. The van der Waals surface area contributed by atoms with Crippen LogP contribution in [0.4, 0.5) is 0 Å². The van der Waals surface area contributed by atoms with Crippen LogP contribution < -0.4 is 0 Å². The number of carbonyl (C=O) groups is 3. The van der Waals surface area contributed by atoms with Gasteiger partial charge in [0.15, 0.2) is 6.10 Å². The van der Waals surface area contributed by atoms with E-state index in [0.717, 1.165) is 161 Å². The number of aliphatic hydroxyl groups excluding tert-OH is 2. The van der Waals surface area contributed by atoms with E-state index in [1.807, 2.05) is 0 Å². The van der Waals surface area contributed by atoms with Crippen molar-refractivity contribution in [3.8, 4) is 0 Å². The van der Waals surface area contributed by atoms with E-state index >= 15 is 0 Å². The molecule has 566 valence electrons. The highest BCUT2D eigenvalue weighted by Gasteiger charge is 2.29. The van der Waals surface area contributed by atoms with Crippen molar-refractivity contribution in [3.63, 3.8) is 0 Å². The first kappa shape index (κ1) is 94.4. The van der Waals surface area contributed by atoms with Crippen molar-refractivity contribution in [2.75, 3.05) is 39.6 Å². The van der Waals surface area contributed by atoms with Gasteiger partial charge in [-0.15, -0.1) is 0 Å². The average Bonchev–Trinajstić information content (AvgIpc) is 1.73. The Hall–Kier alpha value is -4.57. The average molecular weight is 1430 g/mol. The molecular formula is C81H136O16P2. The second-order valence-corrected chi connectivity index (χ2v) is 27.9. The number of hydrogen-bond donors (Lipinski definition) is 4. The van der Waals surface area contributed by atoms with Gasteiger partial charge in [0.1, 0.15) is 25.4 Å². The smallest absolute Gasteiger partial charge is 0.463 e. The summed E-state index contributed by atoms with van der Waals surface area (Å²) in [4.78, 5) is 58.6. The summed E-state index contributed by atoms with van der Waals surface area (Å²) in [5, 5.41) is 20.6. The summed E-state index contributed by atoms with van der Waals surface area (Å²) in [6.07, 6.45) is 89.0. The zero-order valence-corrected chi connectivity index (χ0v) is 63.4. The van der Waals surface area contributed by atoms with E-state index in [1.165, 1.54) is 70.6 Å². The molecule has 99 heavy (non-hydrogen) atoms. The van der Waals surface area contributed by atoms with E-state index in [4.69, 9.17) is 32.3 Å². The summed E-state index contributed by atoms with van der Waals surface area (Å²) < 4.78 is 61.0. The molecule has 0 amide bonds. The number of rotatable bonds is 71. The van der Waals surface area contributed by atoms with Crippen LogP contribution in [0, 0.1) is 0 Å². The van der Waals surface area contributed by atoms with Crippen molar-refractivity contribution in [1.29, 1.82) is 0 Å². The van der Waals surface area contributed by atoms with Crippen LogP contribution in [-0.2, 0) is 55.8 Å². The van der Waals surface area contributed by atoms with E-state index < -0.39 is 91.5 Å². The molecule has 0 fully saturated rings. The molecule has 0 radical (unpaired) electrons. The van der Waals surface area contributed by atoms with Crippen LogP contribution in [0.3, 0.4) is 0 Å². The van der Waals surface area contributed by atoms with Gasteiger partial charge < -0.3 is 34.2 Å². The molecule has 5 atom stereocenters. The summed E-state index contributed by atoms with van der Waals surface area (Å²) in [5.74, 6) is -1.63. The third-order valence-electron chi connectivity index (χ3n) is 15.5. The van der Waals surface area contributed by atoms with Crippen LogP contribution in [0.5, 0.6) is 0 Å². The van der Waals surface area contributed by atoms with Gasteiger partial charge >= 0.3 is 33.6 Å². The van der Waals surface area contributed by atoms with E-state index in [-0.39, 0.29) is 19.3 Å². The van der Waals surface area contributed by atoms with E-state index in [1.54, 1.807) is 0 Å². The number of hydrogen-bond acceptors (Lipinski definition) is 14. The zero-order chi connectivity index (χ0) is 72.3. The zero-order valence-electron chi connectivity index (χ0n) is 61.6. The van der Waals surface area contributed by atoms with Gasteiger partial charge in [0.2, 0.25) is 0 Å². The van der Waals surface area contributed by atoms with Gasteiger partial charge in [0, 0.05) is 19.3 Å². The number of unbranched alkanes of at least 4 members (excludes halogenated alkanes) is 24. The Kier molecular flexibility index (Phi) is 69.8. The van der Waals surface area contributed by atoms with Crippen molar-refractivity contribution in [3.05, 3.63) is 146 Å². The third kappa shape index (κ3) is 74.4. The van der Waals surface area contributed by atoms with Crippen molar-refractivity contribution in [2.24, 2.45) is 0 Å². The highest BCUT2D eigenvalue weighted by atomic mass is 31.2. The fourth-order valence-corrected chi connectivity index (χ4v) is 11.4. The summed E-state index contributed by atoms with van der Waals surface area (Å²) in [6.45, 7) is 2.39. The molecule has 0 saturated carbocycles. The lowest BCUT2D eigenvalue weighted by atomic mass is 10.1. The number of carbonyl (C=O) groups excluding carboxylic acids is 3. The molecule has 0 aromatic carbocycles. The first-order valence-corrected chi connectivity index (χ1v) is 41.1. The molecule has 0 aliphatic carbocycles. The Morgan fingerprint density at radius 2 is 0.535 bits per heavy atom. The van der Waals surface area contributed by atoms with E-state index in [2.05, 4.69) is 167 Å². The normalized spacial score (nSPS) is 14.9. The largest absolute Gasteiger partial charge is 0.472 e. The Balaban J connectivity index is 4.57. The van der Waals surface area contributed by atoms with Crippen molar-refractivity contribution >= 4 is 33.6 Å². The van der Waals surface area contributed by atoms with Crippen LogP contribution >= 0.6 is 15.6 Å². The van der Waals surface area contributed by atoms with Gasteiger partial charge in [-0.3, -0.25) is 32.5 Å². The summed E-state index contributed by atoms with van der Waals surface area (Å²) in [5.41, 5.74) is 0. The lowest BCUT2D eigenvalue weighted by Crippen LogP contribution is -2.30. The fraction of sp³-hybridized carbons (Fsp3) is 0.667. The van der Waals surface area contributed by atoms with E-state index in [9.17, 15) is 43.5 Å². The molecule has 0 heterocycles. The van der Waals surface area contributed by atoms with Crippen LogP contribution in [0.25, 0.3) is 0 Å². The van der Waals surface area contributed by atoms with Gasteiger partial charge in [0.05, 0.1) is 26.4 Å². The molecule has 0 saturated heterocycles. The second kappa shape index (κ2) is 73.2. The van der Waals surface area contributed by atoms with Crippen LogP contribution in [-0.4, -0.2) is 95.9 Å². The first-order chi connectivity index (χ1) is 48.2. The topological polar surface area (TPSA) is 231 Å². The van der Waals surface area contributed by atoms with Gasteiger partial charge in [-0.1, -0.05) is 276 Å². The maximum atomic E-state index is 12.9. The number of phosphoric acid groups is 2. The monoisotopic (exact) mass is 1430 g/mol. The SMILES string of the molecule is CC/C=C\C/C=C\C/C=C\C/C=C\C/C=C\C/C=C\CCCCCCCCCCCCC(=O)OCC(O)COP(=O)(O)OCC(O)COP(=O)(O)OCC(COC(=O)CCCCC/C=C\C/C=C\C/C=C\C/C=C\C/C=C\CC)OC(=O)CCCCCCC/C=C\CCCCCCCC. The molecule has 0 bridgehead atoms. The molecule has 0 aliphatic rings. The third-order valence-corrected chi connectivity index (χ3v) is 17.4. The predicted octanol–water partition coefficient (Wildman–Crippen LogP) is 22.1. The molecule has 16 nitrogen and oxygen atoms in total. The molecule has 4 N–H and O–H groups in total. The van der Waals surface area contributed by atoms with Gasteiger partial charge in [-0.05, 0) is 141 Å². The standard InChI is InChI=1S/C81H136O16P2/c1-4-7-10-13-16-19-22-25-28-30-32-33-34-35-36-37-38-39-40-41-43-45-47-49-52-55-58-61-64-67-79(84)91-70-76(82)71-93-98(87,88)94-72-77(83)73-95-99(89,90)96-75-78(97-81(86)69-66-63-60-57-54-51-46-27-24-21-18-15-12-9-6-3)74-92-80(85)68-65-62-59-56-53-50-48-44-42-31-29-26-23-20-17-14-11-8-5-2/h7-8,10-11,16-17,19-20,25-29,32-33,35-36,38-39,42,44,46,50,53,76-78,82-83H,4-6,9,12-15,18,21-24,30-31,34,37,40-41,43,45,47-49,51-52,54-75H2,1-3H3,(H,87,88)(H,89,90)/b10-7-,11-8-,19-16-,20-17-,28-25-,29-26-,33-32-,36-35-,39-38-,44-42-,46-27-,53-50-. The lowest BCUT2D eigenvalue weighted by Gasteiger charge is -2.21. The van der Waals surface area contributed by atoms with Crippen molar-refractivity contribution in [1.82, 2.24) is 0 Å².